The van der Waals surface area contributed by atoms with Crippen LogP contribution in [0.2, 0.25) is 0 Å². The number of nitrogens with two attached hydrogens (primary N) is 1. The third-order valence-electron chi connectivity index (χ3n) is 2.91. The maximum Gasteiger partial charge on any atom is 0.308 e. The van der Waals surface area contributed by atoms with E-state index in [0.29, 0.717) is 18.1 Å². The van der Waals surface area contributed by atoms with Crippen molar-refractivity contribution in [2.24, 2.45) is 13.0 Å². The lowest BCUT2D eigenvalue weighted by Gasteiger charge is -2.30. The Labute approximate surface area is 106 Å². The number of nitrogens with zero attached hydrogens (tertiary/aromatic N) is 3. The van der Waals surface area contributed by atoms with E-state index >= 15 is 0 Å². The average molecular weight is 261 g/mol. The van der Waals surface area contributed by atoms with Crippen molar-refractivity contribution in [1.29, 1.82) is 0 Å². The van der Waals surface area contributed by atoms with Crippen LogP contribution >= 0.6 is 12.4 Å². The molecular formula is C10H17ClN4O2. The number of hydrogen-bond acceptors (Lipinski definition) is 4. The van der Waals surface area contributed by atoms with Gasteiger partial charge in [-0.25, -0.2) is 0 Å². The number of piperidine rings is 1. The second-order valence-corrected chi connectivity index (χ2v) is 4.21. The molecule has 1 fully saturated rings. The Bertz CT molecular complexity index is 407. The van der Waals surface area contributed by atoms with Gasteiger partial charge in [-0.3, -0.25) is 9.48 Å². The van der Waals surface area contributed by atoms with E-state index in [2.05, 4.69) is 5.10 Å². The molecule has 3 N–H and O–H groups in total. The summed E-state index contributed by atoms with van der Waals surface area (Å²) in [6.45, 7) is 1.32. The molecule has 1 aromatic rings. The van der Waals surface area contributed by atoms with Crippen LogP contribution in [0.5, 0.6) is 0 Å². The second kappa shape index (κ2) is 5.27. The summed E-state index contributed by atoms with van der Waals surface area (Å²) >= 11 is 0. The van der Waals surface area contributed by atoms with Crippen LogP contribution in [-0.4, -0.2) is 33.9 Å². The molecule has 1 aliphatic heterocycles. The molecule has 0 radical (unpaired) electrons. The molecule has 2 heterocycles. The Morgan fingerprint density at radius 1 is 1.65 bits per heavy atom. The van der Waals surface area contributed by atoms with Crippen LogP contribution < -0.4 is 10.6 Å². The van der Waals surface area contributed by atoms with Crippen molar-refractivity contribution < 1.29 is 9.90 Å². The molecule has 0 aliphatic carbocycles. The monoisotopic (exact) mass is 260 g/mol. The summed E-state index contributed by atoms with van der Waals surface area (Å²) in [6.07, 6.45) is 3.34. The van der Waals surface area contributed by atoms with E-state index in [1.165, 1.54) is 0 Å². The van der Waals surface area contributed by atoms with Gasteiger partial charge in [0.2, 0.25) is 0 Å². The van der Waals surface area contributed by atoms with Gasteiger partial charge in [0.15, 0.2) is 5.82 Å². The fourth-order valence-corrected chi connectivity index (χ4v) is 2.11. The molecule has 1 unspecified atom stereocenters. The summed E-state index contributed by atoms with van der Waals surface area (Å²) in [6, 6.07) is 0. The number of rotatable bonds is 2. The van der Waals surface area contributed by atoms with Crippen LogP contribution in [0.4, 0.5) is 11.5 Å². The Balaban J connectivity index is 0.00000144. The zero-order valence-corrected chi connectivity index (χ0v) is 10.5. The standard InChI is InChI=1S/C10H16N4O2.ClH/c1-13-6-8(11)9(12-13)14-4-2-3-7(5-14)10(15)16;/h6-7H,2-5,11H2,1H3,(H,15,16);1H. The van der Waals surface area contributed by atoms with Gasteiger partial charge in [-0.05, 0) is 12.8 Å². The first-order valence-corrected chi connectivity index (χ1v) is 5.35. The van der Waals surface area contributed by atoms with E-state index in [1.54, 1.807) is 17.9 Å². The van der Waals surface area contributed by atoms with Crippen molar-refractivity contribution in [1.82, 2.24) is 9.78 Å². The van der Waals surface area contributed by atoms with Crippen LogP contribution in [0.3, 0.4) is 0 Å². The first-order chi connectivity index (χ1) is 7.58. The van der Waals surface area contributed by atoms with E-state index in [4.69, 9.17) is 10.8 Å². The van der Waals surface area contributed by atoms with Crippen LogP contribution in [0.1, 0.15) is 12.8 Å². The first-order valence-electron chi connectivity index (χ1n) is 5.35. The smallest absolute Gasteiger partial charge is 0.308 e. The minimum atomic E-state index is -0.737. The zero-order chi connectivity index (χ0) is 11.7. The first kappa shape index (κ1) is 13.6. The number of aromatic nitrogens is 2. The number of carboxylic acids is 1. The molecule has 0 spiro atoms. The van der Waals surface area contributed by atoms with Crippen LogP contribution in [0.25, 0.3) is 0 Å². The summed E-state index contributed by atoms with van der Waals surface area (Å²) < 4.78 is 1.65. The Morgan fingerprint density at radius 3 is 2.88 bits per heavy atom. The summed E-state index contributed by atoms with van der Waals surface area (Å²) in [7, 11) is 1.80. The highest BCUT2D eigenvalue weighted by Gasteiger charge is 2.27. The summed E-state index contributed by atoms with van der Waals surface area (Å²) in [4.78, 5) is 12.9. The minimum Gasteiger partial charge on any atom is -0.481 e. The largest absolute Gasteiger partial charge is 0.481 e. The molecule has 2 rings (SSSR count). The Morgan fingerprint density at radius 2 is 2.35 bits per heavy atom. The SMILES string of the molecule is Cl.Cn1cc(N)c(N2CCCC(C(=O)O)C2)n1. The highest BCUT2D eigenvalue weighted by atomic mass is 35.5. The summed E-state index contributed by atoms with van der Waals surface area (Å²) in [5.74, 6) is -0.345. The van der Waals surface area contributed by atoms with E-state index in [1.807, 2.05) is 4.90 Å². The highest BCUT2D eigenvalue weighted by molar-refractivity contribution is 5.85. The average Bonchev–Trinajstić information content (AvgIpc) is 2.58. The molecule has 0 saturated carbocycles. The predicted molar refractivity (Wildman–Crippen MR) is 67.4 cm³/mol. The summed E-state index contributed by atoms with van der Waals surface area (Å²) in [5.41, 5.74) is 6.43. The number of halogens is 1. The molecule has 96 valence electrons. The van der Waals surface area contributed by atoms with Crippen molar-refractivity contribution in [3.63, 3.8) is 0 Å². The molecule has 0 amide bonds. The third-order valence-corrected chi connectivity index (χ3v) is 2.91. The molecule has 1 saturated heterocycles. The van der Waals surface area contributed by atoms with Crippen molar-refractivity contribution in [3.05, 3.63) is 6.20 Å². The fraction of sp³-hybridized carbons (Fsp3) is 0.600. The molecule has 17 heavy (non-hydrogen) atoms. The number of anilines is 2. The van der Waals surface area contributed by atoms with E-state index < -0.39 is 5.97 Å². The van der Waals surface area contributed by atoms with Crippen molar-refractivity contribution >= 4 is 29.9 Å². The van der Waals surface area contributed by atoms with Crippen LogP contribution in [0, 0.1) is 5.92 Å². The molecule has 1 atom stereocenters. The third kappa shape index (κ3) is 2.82. The molecule has 0 bridgehead atoms. The number of nitrogen functional groups attached to an aromatic ring is 1. The Hall–Kier alpha value is -1.43. The highest BCUT2D eigenvalue weighted by Crippen LogP contribution is 2.26. The van der Waals surface area contributed by atoms with Crippen LogP contribution in [0.15, 0.2) is 6.20 Å². The van der Waals surface area contributed by atoms with Gasteiger partial charge in [0.25, 0.3) is 0 Å². The number of aliphatic carboxylic acids is 1. The molecule has 6 nitrogen and oxygen atoms in total. The zero-order valence-electron chi connectivity index (χ0n) is 9.67. The molecular weight excluding hydrogens is 244 g/mol. The van der Waals surface area contributed by atoms with Crippen LogP contribution in [-0.2, 0) is 11.8 Å². The fourth-order valence-electron chi connectivity index (χ4n) is 2.11. The van der Waals surface area contributed by atoms with E-state index in [0.717, 1.165) is 19.4 Å². The molecule has 1 aromatic heterocycles. The quantitative estimate of drug-likeness (QED) is 0.819. The minimum absolute atomic E-state index is 0. The summed E-state index contributed by atoms with van der Waals surface area (Å²) in [5, 5.41) is 13.2. The number of carbonyl (C=O) groups is 1. The van der Waals surface area contributed by atoms with Gasteiger partial charge in [0.05, 0.1) is 11.6 Å². The number of carboxylic acid groups (broad SMARTS) is 1. The molecule has 7 heteroatoms. The van der Waals surface area contributed by atoms with Gasteiger partial charge >= 0.3 is 5.97 Å². The van der Waals surface area contributed by atoms with E-state index in [-0.39, 0.29) is 18.3 Å². The lowest BCUT2D eigenvalue weighted by atomic mass is 9.98. The predicted octanol–water partition coefficient (Wildman–Crippen LogP) is 0.725. The number of aryl methyl sites for hydroxylation is 1. The van der Waals surface area contributed by atoms with Gasteiger partial charge in [0.1, 0.15) is 0 Å². The lowest BCUT2D eigenvalue weighted by molar-refractivity contribution is -0.141. The normalized spacial score (nSPS) is 19.8. The maximum atomic E-state index is 10.9. The van der Waals surface area contributed by atoms with Gasteiger partial charge in [0, 0.05) is 26.3 Å². The van der Waals surface area contributed by atoms with Gasteiger partial charge in [-0.1, -0.05) is 0 Å². The maximum absolute atomic E-state index is 10.9. The lowest BCUT2D eigenvalue weighted by Crippen LogP contribution is -2.39. The van der Waals surface area contributed by atoms with E-state index in [9.17, 15) is 4.79 Å². The Kier molecular flexibility index (Phi) is 4.22. The van der Waals surface area contributed by atoms with Gasteiger partial charge in [-0.15, -0.1) is 12.4 Å². The topological polar surface area (TPSA) is 84.4 Å². The molecule has 0 aromatic carbocycles. The molecule has 1 aliphatic rings. The van der Waals surface area contributed by atoms with Crippen molar-refractivity contribution in [2.75, 3.05) is 23.7 Å². The van der Waals surface area contributed by atoms with Gasteiger partial charge in [-0.2, -0.15) is 5.10 Å². The number of hydrogen-bond donors (Lipinski definition) is 2. The van der Waals surface area contributed by atoms with Gasteiger partial charge < -0.3 is 15.7 Å². The van der Waals surface area contributed by atoms with Crippen molar-refractivity contribution in [2.45, 2.75) is 12.8 Å². The van der Waals surface area contributed by atoms with Crippen molar-refractivity contribution in [3.8, 4) is 0 Å². The second-order valence-electron chi connectivity index (χ2n) is 4.21.